The molecular formula is C26H34N6OS. The Morgan fingerprint density at radius 2 is 1.88 bits per heavy atom. The summed E-state index contributed by atoms with van der Waals surface area (Å²) in [7, 11) is 4.02. The molecule has 1 aliphatic rings. The number of thioether (sulfide) groups is 1. The minimum Gasteiger partial charge on any atom is -0.362 e. The number of nitrogens with one attached hydrogen (secondary N) is 2. The molecule has 2 heterocycles. The number of aromatic nitrogens is 3. The van der Waals surface area contributed by atoms with E-state index in [2.05, 4.69) is 28.6 Å². The summed E-state index contributed by atoms with van der Waals surface area (Å²) >= 11 is 1.65. The molecule has 0 saturated heterocycles. The molecule has 0 unspecified atom stereocenters. The molecule has 0 atom stereocenters. The minimum atomic E-state index is -0.0206. The highest BCUT2D eigenvalue weighted by Crippen LogP contribution is 2.28. The molecule has 0 bridgehead atoms. The highest BCUT2D eigenvalue weighted by molar-refractivity contribution is 7.99. The van der Waals surface area contributed by atoms with Crippen LogP contribution in [-0.2, 0) is 0 Å². The van der Waals surface area contributed by atoms with Gasteiger partial charge in [-0.05, 0) is 68.0 Å². The van der Waals surface area contributed by atoms with Crippen molar-refractivity contribution >= 4 is 40.3 Å². The number of amides is 1. The number of anilines is 2. The van der Waals surface area contributed by atoms with Gasteiger partial charge in [0.1, 0.15) is 10.8 Å². The van der Waals surface area contributed by atoms with Gasteiger partial charge in [0.05, 0.1) is 11.1 Å². The van der Waals surface area contributed by atoms with Crippen LogP contribution in [0.5, 0.6) is 0 Å². The van der Waals surface area contributed by atoms with E-state index in [1.165, 1.54) is 0 Å². The van der Waals surface area contributed by atoms with E-state index in [0.29, 0.717) is 30.0 Å². The Morgan fingerprint density at radius 1 is 1.09 bits per heavy atom. The quantitative estimate of drug-likeness (QED) is 0.419. The summed E-state index contributed by atoms with van der Waals surface area (Å²) < 4.78 is 0. The summed E-state index contributed by atoms with van der Waals surface area (Å²) in [5.74, 6) is 3.04. The number of nitrogens with zero attached hydrogens (tertiary/aromatic N) is 4. The van der Waals surface area contributed by atoms with Gasteiger partial charge in [-0.15, -0.1) is 11.8 Å². The Morgan fingerprint density at radius 3 is 2.65 bits per heavy atom. The van der Waals surface area contributed by atoms with Crippen LogP contribution in [0.4, 0.5) is 11.8 Å². The minimum absolute atomic E-state index is 0.0206. The third kappa shape index (κ3) is 5.97. The first-order valence-corrected chi connectivity index (χ1v) is 13.1. The number of fused-ring (bicyclic) bond motifs is 1. The first kappa shape index (κ1) is 24.3. The van der Waals surface area contributed by atoms with E-state index in [-0.39, 0.29) is 5.91 Å². The van der Waals surface area contributed by atoms with E-state index < -0.39 is 0 Å². The molecule has 3 aromatic rings. The second kappa shape index (κ2) is 11.5. The molecular weight excluding hydrogens is 444 g/mol. The Bertz CT molecular complexity index is 1110. The molecule has 1 aromatic carbocycles. The van der Waals surface area contributed by atoms with Crippen molar-refractivity contribution in [2.24, 2.45) is 5.92 Å². The van der Waals surface area contributed by atoms with Crippen LogP contribution in [0.2, 0.25) is 0 Å². The van der Waals surface area contributed by atoms with Crippen molar-refractivity contribution in [2.45, 2.75) is 50.1 Å². The van der Waals surface area contributed by atoms with E-state index in [0.717, 1.165) is 59.6 Å². The fourth-order valence-electron chi connectivity index (χ4n) is 4.37. The Hall–Kier alpha value is -2.87. The molecule has 0 radical (unpaired) electrons. The maximum atomic E-state index is 12.8. The van der Waals surface area contributed by atoms with E-state index in [1.54, 1.807) is 18.0 Å². The summed E-state index contributed by atoms with van der Waals surface area (Å²) in [5, 5.41) is 8.59. The lowest BCUT2D eigenvalue weighted by Crippen LogP contribution is -2.34. The predicted octanol–water partition coefficient (Wildman–Crippen LogP) is 4.99. The average molecular weight is 479 g/mol. The number of para-hydroxylation sites is 1. The number of hydrogen-bond donors (Lipinski definition) is 2. The van der Waals surface area contributed by atoms with E-state index in [9.17, 15) is 4.79 Å². The molecule has 8 heteroatoms. The number of rotatable bonds is 9. The monoisotopic (exact) mass is 478 g/mol. The second-order valence-corrected chi connectivity index (χ2v) is 10.1. The molecule has 4 rings (SSSR count). The van der Waals surface area contributed by atoms with Crippen molar-refractivity contribution in [1.29, 1.82) is 0 Å². The summed E-state index contributed by atoms with van der Waals surface area (Å²) in [6.45, 7) is 2.84. The first-order chi connectivity index (χ1) is 16.5. The van der Waals surface area contributed by atoms with Gasteiger partial charge in [0.2, 0.25) is 5.95 Å². The first-order valence-electron chi connectivity index (χ1n) is 12.1. The normalized spacial score (nSPS) is 18.0. The van der Waals surface area contributed by atoms with Crippen LogP contribution in [0.3, 0.4) is 0 Å². The van der Waals surface area contributed by atoms with Gasteiger partial charge in [-0.25, -0.2) is 9.97 Å². The molecule has 180 valence electrons. The molecule has 1 aliphatic carbocycles. The van der Waals surface area contributed by atoms with Gasteiger partial charge < -0.3 is 15.5 Å². The number of hydrogen-bond acceptors (Lipinski definition) is 7. The molecule has 34 heavy (non-hydrogen) atoms. The van der Waals surface area contributed by atoms with Gasteiger partial charge in [0.25, 0.3) is 5.91 Å². The van der Waals surface area contributed by atoms with Crippen LogP contribution in [0.1, 0.15) is 49.4 Å². The zero-order chi connectivity index (χ0) is 23.9. The van der Waals surface area contributed by atoms with Gasteiger partial charge in [-0.1, -0.05) is 19.1 Å². The van der Waals surface area contributed by atoms with Gasteiger partial charge in [-0.3, -0.25) is 4.79 Å². The zero-order valence-electron chi connectivity index (χ0n) is 20.3. The molecule has 2 N–H and O–H groups in total. The Kier molecular flexibility index (Phi) is 8.21. The second-order valence-electron chi connectivity index (χ2n) is 9.06. The lowest BCUT2D eigenvalue weighted by molar-refractivity contribution is 0.0939. The van der Waals surface area contributed by atoms with Crippen molar-refractivity contribution in [1.82, 2.24) is 20.3 Å². The van der Waals surface area contributed by atoms with Gasteiger partial charge in [0, 0.05) is 38.3 Å². The van der Waals surface area contributed by atoms with Crippen molar-refractivity contribution in [3.8, 4) is 0 Å². The summed E-state index contributed by atoms with van der Waals surface area (Å²) in [5.41, 5.74) is 1.63. The maximum Gasteiger partial charge on any atom is 0.254 e. The van der Waals surface area contributed by atoms with E-state index >= 15 is 0 Å². The number of carbonyl (C=O) groups is 1. The Balaban J connectivity index is 1.30. The van der Waals surface area contributed by atoms with Gasteiger partial charge in [0.15, 0.2) is 0 Å². The van der Waals surface area contributed by atoms with Crippen LogP contribution in [0.15, 0.2) is 47.6 Å². The third-order valence-electron chi connectivity index (χ3n) is 6.20. The van der Waals surface area contributed by atoms with Crippen molar-refractivity contribution in [3.63, 3.8) is 0 Å². The lowest BCUT2D eigenvalue weighted by Gasteiger charge is -2.29. The van der Waals surface area contributed by atoms with Crippen LogP contribution < -0.4 is 15.5 Å². The standard InChI is InChI=1S/C26H34N6OS/c1-4-16-34-25-21(9-7-15-27-25)24(33)28-17-18-11-13-19(14-12-18)29-26-30-22-10-6-5-8-20(22)23(31-26)32(2)3/h5-10,15,18-19H,4,11-14,16-17H2,1-3H3,(H,28,33)(H,29,30,31). The number of pyridine rings is 1. The topological polar surface area (TPSA) is 83.0 Å². The largest absolute Gasteiger partial charge is 0.362 e. The molecule has 2 aromatic heterocycles. The number of benzene rings is 1. The summed E-state index contributed by atoms with van der Waals surface area (Å²) in [4.78, 5) is 28.7. The highest BCUT2D eigenvalue weighted by Gasteiger charge is 2.23. The number of carbonyl (C=O) groups excluding carboxylic acids is 1. The average Bonchev–Trinajstić information content (AvgIpc) is 2.86. The zero-order valence-corrected chi connectivity index (χ0v) is 21.1. The van der Waals surface area contributed by atoms with Crippen LogP contribution >= 0.6 is 11.8 Å². The van der Waals surface area contributed by atoms with Gasteiger partial charge >= 0.3 is 0 Å². The highest BCUT2D eigenvalue weighted by atomic mass is 32.2. The summed E-state index contributed by atoms with van der Waals surface area (Å²) in [6, 6.07) is 12.2. The summed E-state index contributed by atoms with van der Waals surface area (Å²) in [6.07, 6.45) is 7.02. The molecule has 1 saturated carbocycles. The molecule has 0 spiro atoms. The fourth-order valence-corrected chi connectivity index (χ4v) is 5.22. The maximum absolute atomic E-state index is 12.8. The van der Waals surface area contributed by atoms with Crippen molar-refractivity contribution in [2.75, 3.05) is 36.6 Å². The van der Waals surface area contributed by atoms with Crippen LogP contribution in [-0.4, -0.2) is 53.3 Å². The third-order valence-corrected chi connectivity index (χ3v) is 7.41. The predicted molar refractivity (Wildman–Crippen MR) is 141 cm³/mol. The smallest absolute Gasteiger partial charge is 0.254 e. The van der Waals surface area contributed by atoms with Crippen LogP contribution in [0.25, 0.3) is 10.9 Å². The molecule has 1 amide bonds. The Labute approximate surface area is 206 Å². The molecule has 0 aliphatic heterocycles. The van der Waals surface area contributed by atoms with Crippen molar-refractivity contribution < 1.29 is 4.79 Å². The van der Waals surface area contributed by atoms with Gasteiger partial charge in [-0.2, -0.15) is 4.98 Å². The van der Waals surface area contributed by atoms with E-state index in [1.807, 2.05) is 49.3 Å². The fraction of sp³-hybridized carbons (Fsp3) is 0.462. The van der Waals surface area contributed by atoms with Crippen molar-refractivity contribution in [3.05, 3.63) is 48.2 Å². The lowest BCUT2D eigenvalue weighted by atomic mass is 9.86. The van der Waals surface area contributed by atoms with Crippen LogP contribution in [0, 0.1) is 5.92 Å². The molecule has 1 fully saturated rings. The SMILES string of the molecule is CCCSc1ncccc1C(=O)NCC1CCC(Nc2nc(N(C)C)c3ccccc3n2)CC1. The molecule has 7 nitrogen and oxygen atoms in total. The van der Waals surface area contributed by atoms with E-state index in [4.69, 9.17) is 9.97 Å².